The van der Waals surface area contributed by atoms with Crippen LogP contribution in [0.3, 0.4) is 0 Å². The molecule has 3 aromatic carbocycles. The molecule has 37 heavy (non-hydrogen) atoms. The summed E-state index contributed by atoms with van der Waals surface area (Å²) in [5.74, 6) is -0.183. The van der Waals surface area contributed by atoms with E-state index in [4.69, 9.17) is 0 Å². The number of aliphatic hydroxyl groups excluding tert-OH is 1. The molecule has 0 saturated carbocycles. The van der Waals surface area contributed by atoms with Gasteiger partial charge in [-0.2, -0.15) is 4.31 Å². The van der Waals surface area contributed by atoms with Crippen LogP contribution in [0.25, 0.3) is 0 Å². The lowest BCUT2D eigenvalue weighted by Gasteiger charge is -2.32. The molecule has 0 aromatic heterocycles. The number of aromatic hydroxyl groups is 1. The highest BCUT2D eigenvalue weighted by molar-refractivity contribution is 7.89. The number of phenolic OH excluding ortho intramolecular Hbond substituents is 1. The van der Waals surface area contributed by atoms with Crippen LogP contribution in [0.1, 0.15) is 35.3 Å². The Hall–Kier alpha value is -3.04. The summed E-state index contributed by atoms with van der Waals surface area (Å²) in [4.78, 5) is 14.0. The zero-order valence-electron chi connectivity index (χ0n) is 21.8. The number of likely N-dealkylation sites (N-methyl/N-ethyl adjacent to an activating group) is 1. The Morgan fingerprint density at radius 3 is 2.11 bits per heavy atom. The Bertz CT molecular complexity index is 1280. The maximum atomic E-state index is 13.5. The summed E-state index contributed by atoms with van der Waals surface area (Å²) >= 11 is 0. The van der Waals surface area contributed by atoms with Crippen LogP contribution < -0.4 is 4.90 Å². The quantitative estimate of drug-likeness (QED) is 0.358. The lowest BCUT2D eigenvalue weighted by atomic mass is 9.98. The van der Waals surface area contributed by atoms with E-state index in [1.807, 2.05) is 69.3 Å². The Morgan fingerprint density at radius 1 is 0.919 bits per heavy atom. The zero-order valence-corrected chi connectivity index (χ0v) is 22.7. The SMILES string of the molecule is Cc1ccccc1C(=O)[NH+](C)[C@@H](Cc1ccccc1)[C@H](O)CN(CC(C)C)S(=O)(=O)c1ccc(O)cc1. The first-order valence-corrected chi connectivity index (χ1v) is 13.9. The van der Waals surface area contributed by atoms with Gasteiger partial charge in [0.1, 0.15) is 17.9 Å². The number of carbonyl (C=O) groups excluding carboxylic acids is 1. The summed E-state index contributed by atoms with van der Waals surface area (Å²) in [7, 11) is -2.22. The summed E-state index contributed by atoms with van der Waals surface area (Å²) in [6.07, 6.45) is -0.737. The van der Waals surface area contributed by atoms with Gasteiger partial charge in [-0.3, -0.25) is 4.90 Å². The summed E-state index contributed by atoms with van der Waals surface area (Å²) in [5, 5.41) is 21.1. The number of carbonyl (C=O) groups is 1. The van der Waals surface area contributed by atoms with Gasteiger partial charge in [-0.1, -0.05) is 62.4 Å². The second-order valence-electron chi connectivity index (χ2n) is 9.90. The van der Waals surface area contributed by atoms with Crippen LogP contribution in [0.15, 0.2) is 83.8 Å². The number of rotatable bonds is 11. The number of nitrogens with zero attached hydrogens (tertiary/aromatic N) is 1. The molecule has 198 valence electrons. The highest BCUT2D eigenvalue weighted by Gasteiger charge is 2.37. The van der Waals surface area contributed by atoms with Gasteiger partial charge < -0.3 is 10.2 Å². The van der Waals surface area contributed by atoms with Crippen LogP contribution in [0.2, 0.25) is 0 Å². The van der Waals surface area contributed by atoms with Crippen LogP contribution in [0.5, 0.6) is 5.75 Å². The van der Waals surface area contributed by atoms with Gasteiger partial charge in [0.15, 0.2) is 0 Å². The normalized spacial score (nSPS) is 14.5. The Kier molecular flexibility index (Phi) is 9.62. The monoisotopic (exact) mass is 525 g/mol. The second-order valence-corrected chi connectivity index (χ2v) is 11.8. The van der Waals surface area contributed by atoms with Gasteiger partial charge >= 0.3 is 5.91 Å². The topological polar surface area (TPSA) is 99.4 Å². The Morgan fingerprint density at radius 2 is 1.51 bits per heavy atom. The van der Waals surface area contributed by atoms with Crippen LogP contribution >= 0.6 is 0 Å². The third-order valence-corrected chi connectivity index (χ3v) is 8.35. The number of quaternary nitrogens is 1. The zero-order chi connectivity index (χ0) is 27.2. The van der Waals surface area contributed by atoms with Crippen LogP contribution in [0, 0.1) is 12.8 Å². The van der Waals surface area contributed by atoms with Gasteiger partial charge in [0.2, 0.25) is 10.0 Å². The van der Waals surface area contributed by atoms with E-state index in [1.54, 1.807) is 13.1 Å². The Labute approximate surface area is 220 Å². The minimum absolute atomic E-state index is 0.00494. The van der Waals surface area contributed by atoms with Crippen molar-refractivity contribution in [2.24, 2.45) is 5.92 Å². The summed E-state index contributed by atoms with van der Waals surface area (Å²) in [5.41, 5.74) is 2.36. The van der Waals surface area contributed by atoms with E-state index in [0.717, 1.165) is 11.1 Å². The first kappa shape index (κ1) is 28.5. The van der Waals surface area contributed by atoms with Gasteiger partial charge in [-0.05, 0) is 54.3 Å². The van der Waals surface area contributed by atoms with Gasteiger partial charge in [-0.25, -0.2) is 13.2 Å². The maximum Gasteiger partial charge on any atom is 0.344 e. The molecule has 1 amide bonds. The number of sulfonamides is 1. The van der Waals surface area contributed by atoms with Gasteiger partial charge in [-0.15, -0.1) is 0 Å². The first-order valence-electron chi connectivity index (χ1n) is 12.5. The molecule has 3 atom stereocenters. The maximum absolute atomic E-state index is 13.5. The molecule has 0 aliphatic carbocycles. The van der Waals surface area contributed by atoms with Crippen molar-refractivity contribution < 1.29 is 28.3 Å². The summed E-state index contributed by atoms with van der Waals surface area (Å²) in [6.45, 7) is 5.72. The molecule has 3 rings (SSSR count). The number of aryl methyl sites for hydroxylation is 1. The van der Waals surface area contributed by atoms with Crippen LogP contribution in [0.4, 0.5) is 0 Å². The molecule has 3 N–H and O–H groups in total. The standard InChI is InChI=1S/C29H36N2O5S/c1-21(2)19-31(37(35,36)25-16-14-24(32)15-17-25)20-28(33)27(18-23-11-6-5-7-12-23)30(4)29(34)26-13-9-8-10-22(26)3/h5-17,21,27-28,32-33H,18-20H2,1-4H3/p+1/t27-,28+/m0/s1. The second kappa shape index (κ2) is 12.5. The van der Waals surface area contributed by atoms with E-state index < -0.39 is 22.2 Å². The molecule has 0 saturated heterocycles. The van der Waals surface area contributed by atoms with Crippen molar-refractivity contribution in [1.82, 2.24) is 4.31 Å². The van der Waals surface area contributed by atoms with Crippen molar-refractivity contribution >= 4 is 15.9 Å². The highest BCUT2D eigenvalue weighted by Crippen LogP contribution is 2.21. The fourth-order valence-corrected chi connectivity index (χ4v) is 6.06. The molecule has 1 unspecified atom stereocenters. The predicted molar refractivity (Wildman–Crippen MR) is 144 cm³/mol. The van der Waals surface area contributed by atoms with E-state index in [0.29, 0.717) is 16.9 Å². The third-order valence-electron chi connectivity index (χ3n) is 6.50. The number of phenols is 1. The number of amides is 1. The lowest BCUT2D eigenvalue weighted by molar-refractivity contribution is -0.825. The molecule has 0 fully saturated rings. The van der Waals surface area contributed by atoms with Crippen molar-refractivity contribution in [3.8, 4) is 5.75 Å². The van der Waals surface area contributed by atoms with E-state index in [1.165, 1.54) is 28.6 Å². The predicted octanol–water partition coefficient (Wildman–Crippen LogP) is 2.67. The number of hydrogen-bond acceptors (Lipinski definition) is 5. The van der Waals surface area contributed by atoms with E-state index >= 15 is 0 Å². The molecule has 8 heteroatoms. The van der Waals surface area contributed by atoms with E-state index in [9.17, 15) is 23.4 Å². The Balaban J connectivity index is 1.95. The van der Waals surface area contributed by atoms with Crippen LogP contribution in [-0.4, -0.2) is 61.1 Å². The minimum atomic E-state index is -3.95. The summed E-state index contributed by atoms with van der Waals surface area (Å²) < 4.78 is 28.3. The van der Waals surface area contributed by atoms with E-state index in [-0.39, 0.29) is 35.6 Å². The van der Waals surface area contributed by atoms with Crippen molar-refractivity contribution in [2.45, 2.75) is 44.2 Å². The first-order chi connectivity index (χ1) is 17.5. The fraction of sp³-hybridized carbons (Fsp3) is 0.345. The molecule has 0 heterocycles. The molecular formula is C29H37N2O5S+. The van der Waals surface area contributed by atoms with Gasteiger partial charge in [0.25, 0.3) is 0 Å². The van der Waals surface area contributed by atoms with Crippen molar-refractivity contribution in [2.75, 3.05) is 20.1 Å². The molecule has 0 radical (unpaired) electrons. The molecule has 0 bridgehead atoms. The van der Waals surface area contributed by atoms with E-state index in [2.05, 4.69) is 0 Å². The average Bonchev–Trinajstić information content (AvgIpc) is 2.87. The molecule has 7 nitrogen and oxygen atoms in total. The highest BCUT2D eigenvalue weighted by atomic mass is 32.2. The lowest BCUT2D eigenvalue weighted by Crippen LogP contribution is -3.17. The van der Waals surface area contributed by atoms with Crippen molar-refractivity contribution in [1.29, 1.82) is 0 Å². The number of benzene rings is 3. The van der Waals surface area contributed by atoms with Gasteiger partial charge in [0.05, 0.1) is 17.5 Å². The van der Waals surface area contributed by atoms with Crippen molar-refractivity contribution in [3.63, 3.8) is 0 Å². The molecular weight excluding hydrogens is 488 g/mol. The van der Waals surface area contributed by atoms with Crippen molar-refractivity contribution in [3.05, 3.63) is 95.6 Å². The average molecular weight is 526 g/mol. The molecule has 0 aliphatic heterocycles. The summed E-state index contributed by atoms with van der Waals surface area (Å²) in [6, 6.07) is 21.7. The fourth-order valence-electron chi connectivity index (χ4n) is 4.44. The smallest absolute Gasteiger partial charge is 0.344 e. The number of aliphatic hydroxyl groups is 1. The van der Waals surface area contributed by atoms with Gasteiger partial charge in [0, 0.05) is 19.5 Å². The third kappa shape index (κ3) is 7.26. The molecule has 3 aromatic rings. The number of hydrogen-bond donors (Lipinski definition) is 3. The largest absolute Gasteiger partial charge is 0.508 e. The molecule has 0 spiro atoms. The number of nitrogens with one attached hydrogen (secondary N) is 1. The van der Waals surface area contributed by atoms with Crippen LogP contribution in [-0.2, 0) is 16.4 Å². The molecule has 0 aliphatic rings. The minimum Gasteiger partial charge on any atom is -0.508 e.